The molecule has 110 valence electrons. The van der Waals surface area contributed by atoms with Crippen molar-refractivity contribution in [3.05, 3.63) is 72.4 Å². The van der Waals surface area contributed by atoms with E-state index < -0.39 is 0 Å². The molecule has 0 spiro atoms. The number of pyridine rings is 1. The second kappa shape index (κ2) is 6.22. The van der Waals surface area contributed by atoms with Gasteiger partial charge in [0.15, 0.2) is 0 Å². The molecule has 0 saturated heterocycles. The molecule has 0 radical (unpaired) electrons. The van der Waals surface area contributed by atoms with Crippen LogP contribution in [0.4, 0.5) is 5.69 Å². The summed E-state index contributed by atoms with van der Waals surface area (Å²) >= 11 is 0. The lowest BCUT2D eigenvalue weighted by Crippen LogP contribution is -2.15. The third-order valence-corrected chi connectivity index (χ3v) is 3.41. The Kier molecular flexibility index (Phi) is 3.96. The van der Waals surface area contributed by atoms with Crippen LogP contribution < -0.4 is 5.32 Å². The first kappa shape index (κ1) is 14.0. The molecular formula is C17H16N4O. The first-order valence-electron chi connectivity index (χ1n) is 7.01. The van der Waals surface area contributed by atoms with Gasteiger partial charge in [0, 0.05) is 12.4 Å². The summed E-state index contributed by atoms with van der Waals surface area (Å²) in [5, 5.41) is 2.86. The van der Waals surface area contributed by atoms with Gasteiger partial charge in [-0.05, 0) is 30.2 Å². The summed E-state index contributed by atoms with van der Waals surface area (Å²) in [6, 6.07) is 11.6. The number of imidazole rings is 1. The third kappa shape index (κ3) is 3.20. The van der Waals surface area contributed by atoms with Crippen LogP contribution in [-0.4, -0.2) is 20.4 Å². The number of nitrogens with one attached hydrogen (secondary N) is 1. The number of aryl methyl sites for hydroxylation is 1. The summed E-state index contributed by atoms with van der Waals surface area (Å²) in [4.78, 5) is 20.4. The lowest BCUT2D eigenvalue weighted by Gasteiger charge is -2.08. The number of hydrogen-bond donors (Lipinski definition) is 1. The highest BCUT2D eigenvalue weighted by Crippen LogP contribution is 2.12. The molecule has 0 saturated carbocycles. The van der Waals surface area contributed by atoms with Crippen LogP contribution in [0.2, 0.25) is 0 Å². The van der Waals surface area contributed by atoms with E-state index in [0.717, 1.165) is 16.9 Å². The van der Waals surface area contributed by atoms with Crippen LogP contribution >= 0.6 is 0 Å². The fourth-order valence-electron chi connectivity index (χ4n) is 2.19. The average Bonchev–Trinajstić information content (AvgIpc) is 3.05. The predicted molar refractivity (Wildman–Crippen MR) is 84.9 cm³/mol. The SMILES string of the molecule is Cc1ccccc1CC(=O)Nc1ccc(-n2ccnc2)nc1. The van der Waals surface area contributed by atoms with Gasteiger partial charge in [0.2, 0.25) is 5.91 Å². The van der Waals surface area contributed by atoms with Gasteiger partial charge in [-0.3, -0.25) is 9.36 Å². The van der Waals surface area contributed by atoms with Crippen LogP contribution in [0.3, 0.4) is 0 Å². The molecule has 1 N–H and O–H groups in total. The first-order chi connectivity index (χ1) is 10.7. The zero-order chi connectivity index (χ0) is 15.4. The van der Waals surface area contributed by atoms with Gasteiger partial charge in [-0.25, -0.2) is 9.97 Å². The lowest BCUT2D eigenvalue weighted by molar-refractivity contribution is -0.115. The molecule has 0 unspecified atom stereocenters. The standard InChI is InChI=1S/C17H16N4O/c1-13-4-2-3-5-14(13)10-17(22)20-15-6-7-16(19-11-15)21-9-8-18-12-21/h2-9,11-12H,10H2,1H3,(H,20,22). The van der Waals surface area contributed by atoms with Gasteiger partial charge in [-0.15, -0.1) is 0 Å². The monoisotopic (exact) mass is 292 g/mol. The Labute approximate surface area is 128 Å². The van der Waals surface area contributed by atoms with Crippen LogP contribution in [0, 0.1) is 6.92 Å². The fourth-order valence-corrected chi connectivity index (χ4v) is 2.19. The number of benzene rings is 1. The van der Waals surface area contributed by atoms with Gasteiger partial charge in [-0.1, -0.05) is 24.3 Å². The first-order valence-corrected chi connectivity index (χ1v) is 7.01. The van der Waals surface area contributed by atoms with Crippen LogP contribution in [-0.2, 0) is 11.2 Å². The minimum Gasteiger partial charge on any atom is -0.324 e. The predicted octanol–water partition coefficient (Wildman–Crippen LogP) is 2.76. The maximum atomic E-state index is 12.1. The van der Waals surface area contributed by atoms with Crippen molar-refractivity contribution < 1.29 is 4.79 Å². The number of hydrogen-bond acceptors (Lipinski definition) is 3. The molecule has 22 heavy (non-hydrogen) atoms. The van der Waals surface area contributed by atoms with E-state index in [4.69, 9.17) is 0 Å². The van der Waals surface area contributed by atoms with Gasteiger partial charge in [0.25, 0.3) is 0 Å². The highest BCUT2D eigenvalue weighted by Gasteiger charge is 2.06. The van der Waals surface area contributed by atoms with E-state index >= 15 is 0 Å². The van der Waals surface area contributed by atoms with Crippen molar-refractivity contribution in [3.8, 4) is 5.82 Å². The van der Waals surface area contributed by atoms with E-state index in [1.807, 2.05) is 49.5 Å². The summed E-state index contributed by atoms with van der Waals surface area (Å²) in [6.45, 7) is 2.00. The van der Waals surface area contributed by atoms with E-state index in [0.29, 0.717) is 12.1 Å². The largest absolute Gasteiger partial charge is 0.324 e. The molecule has 5 nitrogen and oxygen atoms in total. The number of carbonyl (C=O) groups excluding carboxylic acids is 1. The second-order valence-corrected chi connectivity index (χ2v) is 5.03. The summed E-state index contributed by atoms with van der Waals surface area (Å²) in [7, 11) is 0. The Morgan fingerprint density at radius 1 is 1.23 bits per heavy atom. The van der Waals surface area contributed by atoms with E-state index in [2.05, 4.69) is 15.3 Å². The van der Waals surface area contributed by atoms with E-state index in [1.54, 1.807) is 23.3 Å². The van der Waals surface area contributed by atoms with Gasteiger partial charge in [0.05, 0.1) is 18.3 Å². The Morgan fingerprint density at radius 2 is 2.09 bits per heavy atom. The number of rotatable bonds is 4. The number of amides is 1. The zero-order valence-corrected chi connectivity index (χ0v) is 12.2. The number of aromatic nitrogens is 3. The molecule has 3 aromatic rings. The third-order valence-electron chi connectivity index (χ3n) is 3.41. The van der Waals surface area contributed by atoms with Gasteiger partial charge in [0.1, 0.15) is 12.1 Å². The lowest BCUT2D eigenvalue weighted by atomic mass is 10.1. The molecule has 0 aliphatic heterocycles. The average molecular weight is 292 g/mol. The normalized spacial score (nSPS) is 10.4. The summed E-state index contributed by atoms with van der Waals surface area (Å²) < 4.78 is 1.80. The highest BCUT2D eigenvalue weighted by atomic mass is 16.1. The van der Waals surface area contributed by atoms with E-state index in [9.17, 15) is 4.79 Å². The van der Waals surface area contributed by atoms with Crippen LogP contribution in [0.1, 0.15) is 11.1 Å². The molecule has 3 rings (SSSR count). The van der Waals surface area contributed by atoms with Crippen molar-refractivity contribution >= 4 is 11.6 Å². The van der Waals surface area contributed by atoms with E-state index in [1.165, 1.54) is 0 Å². The topological polar surface area (TPSA) is 59.8 Å². The maximum absolute atomic E-state index is 12.1. The molecular weight excluding hydrogens is 276 g/mol. The molecule has 5 heteroatoms. The minimum absolute atomic E-state index is 0.0496. The maximum Gasteiger partial charge on any atom is 0.228 e. The van der Waals surface area contributed by atoms with Crippen molar-refractivity contribution in [2.75, 3.05) is 5.32 Å². The smallest absolute Gasteiger partial charge is 0.228 e. The molecule has 2 heterocycles. The molecule has 2 aromatic heterocycles. The molecule has 1 aromatic carbocycles. The second-order valence-electron chi connectivity index (χ2n) is 5.03. The van der Waals surface area contributed by atoms with Crippen LogP contribution in [0.5, 0.6) is 0 Å². The van der Waals surface area contributed by atoms with Gasteiger partial charge >= 0.3 is 0 Å². The van der Waals surface area contributed by atoms with Crippen LogP contribution in [0.25, 0.3) is 5.82 Å². The molecule has 0 aliphatic carbocycles. The number of carbonyl (C=O) groups is 1. The van der Waals surface area contributed by atoms with E-state index in [-0.39, 0.29) is 5.91 Å². The van der Waals surface area contributed by atoms with Gasteiger partial charge in [-0.2, -0.15) is 0 Å². The van der Waals surface area contributed by atoms with Crippen molar-refractivity contribution in [1.29, 1.82) is 0 Å². The highest BCUT2D eigenvalue weighted by molar-refractivity contribution is 5.92. The van der Waals surface area contributed by atoms with Crippen LogP contribution in [0.15, 0.2) is 61.3 Å². The number of anilines is 1. The molecule has 0 bridgehead atoms. The summed E-state index contributed by atoms with van der Waals surface area (Å²) in [5.74, 6) is 0.709. The summed E-state index contributed by atoms with van der Waals surface area (Å²) in [5.41, 5.74) is 2.83. The van der Waals surface area contributed by atoms with Gasteiger partial charge < -0.3 is 5.32 Å². The van der Waals surface area contributed by atoms with Crippen molar-refractivity contribution in [2.45, 2.75) is 13.3 Å². The molecule has 0 aliphatic rings. The Balaban J connectivity index is 1.66. The van der Waals surface area contributed by atoms with Crippen molar-refractivity contribution in [3.63, 3.8) is 0 Å². The number of nitrogens with zero attached hydrogens (tertiary/aromatic N) is 3. The molecule has 0 fully saturated rings. The molecule has 0 atom stereocenters. The fraction of sp³-hybridized carbons (Fsp3) is 0.118. The van der Waals surface area contributed by atoms with Crippen molar-refractivity contribution in [1.82, 2.24) is 14.5 Å². The quantitative estimate of drug-likeness (QED) is 0.804. The zero-order valence-electron chi connectivity index (χ0n) is 12.2. The molecule has 1 amide bonds. The Bertz CT molecular complexity index is 764. The van der Waals surface area contributed by atoms with Crippen molar-refractivity contribution in [2.24, 2.45) is 0 Å². The minimum atomic E-state index is -0.0496. The Morgan fingerprint density at radius 3 is 2.77 bits per heavy atom. The summed E-state index contributed by atoms with van der Waals surface area (Å²) in [6.07, 6.45) is 7.19. The Hall–Kier alpha value is -2.95.